The van der Waals surface area contributed by atoms with E-state index in [0.717, 1.165) is 24.1 Å². The molecule has 0 bridgehead atoms. The van der Waals surface area contributed by atoms with Crippen LogP contribution in [0.2, 0.25) is 0 Å². The minimum Gasteiger partial charge on any atom is -0.267 e. The Bertz CT molecular complexity index is 2050. The second-order valence-corrected chi connectivity index (χ2v) is 13.6. The lowest BCUT2D eigenvalue weighted by atomic mass is 9.99. The SMILES string of the molecule is CC1CCN(S(=O)(=O)c2cccc(-c3nn(-c4ccccc4)cc3/C=C3\C(=O)N(c4ccccc4)N=C3c3ccccc3)c2)CC1. The van der Waals surface area contributed by atoms with Gasteiger partial charge in [0, 0.05) is 36.0 Å². The van der Waals surface area contributed by atoms with Gasteiger partial charge in [-0.1, -0.05) is 85.8 Å². The fourth-order valence-electron chi connectivity index (χ4n) is 5.86. The van der Waals surface area contributed by atoms with Crippen molar-refractivity contribution < 1.29 is 13.2 Å². The summed E-state index contributed by atoms with van der Waals surface area (Å²) in [6.45, 7) is 3.18. The van der Waals surface area contributed by atoms with Gasteiger partial charge in [0.1, 0.15) is 11.4 Å². The first-order valence-electron chi connectivity index (χ1n) is 15.4. The summed E-state index contributed by atoms with van der Waals surface area (Å²) in [7, 11) is -3.68. The molecule has 8 nitrogen and oxygen atoms in total. The Morgan fingerprint density at radius 2 is 1.37 bits per heavy atom. The van der Waals surface area contributed by atoms with Gasteiger partial charge in [-0.05, 0) is 61.2 Å². The molecule has 4 aromatic carbocycles. The van der Waals surface area contributed by atoms with Crippen LogP contribution in [0.3, 0.4) is 0 Å². The summed E-state index contributed by atoms with van der Waals surface area (Å²) in [5.74, 6) is 0.245. The quantitative estimate of drug-likeness (QED) is 0.186. The van der Waals surface area contributed by atoms with Gasteiger partial charge < -0.3 is 0 Å². The summed E-state index contributed by atoms with van der Waals surface area (Å²) in [6.07, 6.45) is 5.37. The van der Waals surface area contributed by atoms with E-state index in [1.54, 1.807) is 27.2 Å². The van der Waals surface area contributed by atoms with Crippen LogP contribution in [0.25, 0.3) is 23.0 Å². The van der Waals surface area contributed by atoms with E-state index in [2.05, 4.69) is 6.92 Å². The van der Waals surface area contributed by atoms with Crippen LogP contribution in [0, 0.1) is 5.92 Å². The Hall–Kier alpha value is -5.12. The zero-order valence-corrected chi connectivity index (χ0v) is 26.2. The summed E-state index contributed by atoms with van der Waals surface area (Å²) in [5, 5.41) is 11.1. The van der Waals surface area contributed by atoms with Crippen LogP contribution in [0.5, 0.6) is 0 Å². The predicted octanol–water partition coefficient (Wildman–Crippen LogP) is 6.79. The molecule has 0 radical (unpaired) electrons. The van der Waals surface area contributed by atoms with Crippen LogP contribution >= 0.6 is 0 Å². The van der Waals surface area contributed by atoms with E-state index >= 15 is 0 Å². The lowest BCUT2D eigenvalue weighted by molar-refractivity contribution is -0.114. The number of anilines is 1. The second kappa shape index (κ2) is 12.3. The van der Waals surface area contributed by atoms with Gasteiger partial charge in [-0.2, -0.15) is 19.5 Å². The summed E-state index contributed by atoms with van der Waals surface area (Å²) < 4.78 is 30.7. The topological polar surface area (TPSA) is 87.9 Å². The average molecular weight is 628 g/mol. The van der Waals surface area contributed by atoms with E-state index in [0.29, 0.717) is 52.8 Å². The van der Waals surface area contributed by atoms with E-state index in [1.165, 1.54) is 5.01 Å². The van der Waals surface area contributed by atoms with Crippen molar-refractivity contribution in [1.82, 2.24) is 14.1 Å². The van der Waals surface area contributed by atoms with Crippen molar-refractivity contribution >= 4 is 33.4 Å². The Kier molecular flexibility index (Phi) is 7.94. The highest BCUT2D eigenvalue weighted by atomic mass is 32.2. The minimum absolute atomic E-state index is 0.228. The monoisotopic (exact) mass is 627 g/mol. The molecular formula is C37H33N5O3S. The van der Waals surface area contributed by atoms with E-state index in [4.69, 9.17) is 10.2 Å². The number of aromatic nitrogens is 2. The Morgan fingerprint density at radius 3 is 2.04 bits per heavy atom. The average Bonchev–Trinajstić information content (AvgIpc) is 3.67. The number of carbonyl (C=O) groups is 1. The molecule has 1 amide bonds. The van der Waals surface area contributed by atoms with E-state index < -0.39 is 10.0 Å². The molecule has 1 aromatic heterocycles. The van der Waals surface area contributed by atoms with Crippen LogP contribution in [-0.4, -0.2) is 47.2 Å². The van der Waals surface area contributed by atoms with Crippen LogP contribution in [0.1, 0.15) is 30.9 Å². The van der Waals surface area contributed by atoms with Crippen LogP contribution < -0.4 is 5.01 Å². The van der Waals surface area contributed by atoms with Gasteiger partial charge in [-0.15, -0.1) is 0 Å². The third kappa shape index (κ3) is 5.71. The number of rotatable bonds is 7. The highest BCUT2D eigenvalue weighted by Crippen LogP contribution is 2.33. The van der Waals surface area contributed by atoms with Gasteiger partial charge >= 0.3 is 0 Å². The zero-order chi connectivity index (χ0) is 31.7. The number of hydrazone groups is 1. The van der Waals surface area contributed by atoms with E-state index in [9.17, 15) is 13.2 Å². The van der Waals surface area contributed by atoms with Gasteiger partial charge in [0.15, 0.2) is 0 Å². The number of para-hydroxylation sites is 2. The van der Waals surface area contributed by atoms with Crippen LogP contribution in [-0.2, 0) is 14.8 Å². The van der Waals surface area contributed by atoms with Gasteiger partial charge in [-0.3, -0.25) is 4.79 Å². The number of carbonyl (C=O) groups excluding carboxylic acids is 1. The van der Waals surface area contributed by atoms with Gasteiger partial charge in [-0.25, -0.2) is 13.1 Å². The number of hydrogen-bond donors (Lipinski definition) is 0. The van der Waals surface area contributed by atoms with Crippen molar-refractivity contribution in [3.63, 3.8) is 0 Å². The van der Waals surface area contributed by atoms with Crippen molar-refractivity contribution in [2.75, 3.05) is 18.1 Å². The Morgan fingerprint density at radius 1 is 0.761 bits per heavy atom. The largest absolute Gasteiger partial charge is 0.281 e. The fraction of sp³-hybridized carbons (Fsp3) is 0.162. The first-order valence-corrected chi connectivity index (χ1v) is 16.8. The van der Waals surface area contributed by atoms with Crippen molar-refractivity contribution in [2.45, 2.75) is 24.7 Å². The summed E-state index contributed by atoms with van der Waals surface area (Å²) >= 11 is 0. The highest BCUT2D eigenvalue weighted by molar-refractivity contribution is 7.89. The molecule has 46 heavy (non-hydrogen) atoms. The second-order valence-electron chi connectivity index (χ2n) is 11.7. The normalized spacial score (nSPS) is 17.1. The standard InChI is InChI=1S/C37H33N5O3S/c1-27-20-22-40(23-21-27)46(44,45)33-19-11-14-29(24-33)35-30(26-41(38-35)31-15-7-3-8-16-31)25-34-36(28-12-5-2-6-13-28)39-42(37(34)43)32-17-9-4-10-18-32/h2-19,24-27H,20-23H2,1H3/b34-25-. The lowest BCUT2D eigenvalue weighted by Crippen LogP contribution is -2.37. The molecule has 0 spiro atoms. The maximum atomic E-state index is 14.0. The van der Waals surface area contributed by atoms with Crippen LogP contribution in [0.4, 0.5) is 5.69 Å². The van der Waals surface area contributed by atoms with Crippen LogP contribution in [0.15, 0.2) is 137 Å². The molecule has 230 valence electrons. The first-order chi connectivity index (χ1) is 22.4. The van der Waals surface area contributed by atoms with Gasteiger partial charge in [0.05, 0.1) is 21.8 Å². The van der Waals surface area contributed by atoms with Crippen molar-refractivity contribution in [2.24, 2.45) is 11.0 Å². The highest BCUT2D eigenvalue weighted by Gasteiger charge is 2.33. The molecule has 3 heterocycles. The third-order valence-corrected chi connectivity index (χ3v) is 10.4. The third-order valence-electron chi connectivity index (χ3n) is 8.48. The fourth-order valence-corrected chi connectivity index (χ4v) is 7.38. The molecule has 5 aromatic rings. The molecule has 1 saturated heterocycles. The number of piperidine rings is 1. The first kappa shape index (κ1) is 29.6. The number of amides is 1. The lowest BCUT2D eigenvalue weighted by Gasteiger charge is -2.29. The molecule has 0 aliphatic carbocycles. The van der Waals surface area contributed by atoms with E-state index in [-0.39, 0.29) is 10.8 Å². The van der Waals surface area contributed by atoms with E-state index in [1.807, 2.05) is 109 Å². The summed E-state index contributed by atoms with van der Waals surface area (Å²) in [5.41, 5.74) is 5.11. The molecule has 7 rings (SSSR count). The molecular weight excluding hydrogens is 595 g/mol. The molecule has 9 heteroatoms. The minimum atomic E-state index is -3.68. The smallest absolute Gasteiger partial charge is 0.267 e. The Balaban J connectivity index is 1.36. The zero-order valence-electron chi connectivity index (χ0n) is 25.4. The molecule has 2 aliphatic rings. The van der Waals surface area contributed by atoms with Crippen molar-refractivity contribution in [3.8, 4) is 16.9 Å². The van der Waals surface area contributed by atoms with Gasteiger partial charge in [0.2, 0.25) is 10.0 Å². The maximum absolute atomic E-state index is 14.0. The van der Waals surface area contributed by atoms with Crippen molar-refractivity contribution in [3.05, 3.63) is 138 Å². The maximum Gasteiger partial charge on any atom is 0.281 e. The molecule has 0 N–H and O–H groups in total. The predicted molar refractivity (Wildman–Crippen MR) is 181 cm³/mol. The summed E-state index contributed by atoms with van der Waals surface area (Å²) in [6, 6.07) is 35.6. The van der Waals surface area contributed by atoms with Gasteiger partial charge in [0.25, 0.3) is 5.91 Å². The number of nitrogens with zero attached hydrogens (tertiary/aromatic N) is 5. The number of hydrogen-bond acceptors (Lipinski definition) is 5. The molecule has 0 atom stereocenters. The van der Waals surface area contributed by atoms with Crippen molar-refractivity contribution in [1.29, 1.82) is 0 Å². The summed E-state index contributed by atoms with van der Waals surface area (Å²) in [4.78, 5) is 14.3. The molecule has 0 unspecified atom stereocenters. The molecule has 0 saturated carbocycles. The molecule has 1 fully saturated rings. The number of benzene rings is 4. The molecule has 2 aliphatic heterocycles. The number of sulfonamides is 1. The Labute approximate surface area is 269 Å².